The zero-order valence-corrected chi connectivity index (χ0v) is 18.4. The van der Waals surface area contributed by atoms with Gasteiger partial charge in [-0.1, -0.05) is 42.0 Å². The number of aromatic nitrogens is 2. The highest BCUT2D eigenvalue weighted by molar-refractivity contribution is 7.15. The number of amides is 2. The molecule has 1 aromatic heterocycles. The largest absolute Gasteiger partial charge is 0.484 e. The van der Waals surface area contributed by atoms with Crippen molar-refractivity contribution in [2.75, 3.05) is 23.4 Å². The van der Waals surface area contributed by atoms with E-state index in [1.807, 2.05) is 24.3 Å². The molecule has 0 saturated carbocycles. The van der Waals surface area contributed by atoms with Crippen molar-refractivity contribution in [1.82, 2.24) is 10.2 Å². The Hall–Kier alpha value is -2.97. The fourth-order valence-electron chi connectivity index (χ4n) is 3.32. The number of aryl methyl sites for hydroxylation is 1. The van der Waals surface area contributed by atoms with Gasteiger partial charge in [-0.2, -0.15) is 0 Å². The number of ether oxygens (including phenoxy) is 1. The molecule has 1 atom stereocenters. The molecule has 1 N–H and O–H groups in total. The summed E-state index contributed by atoms with van der Waals surface area (Å²) in [5.74, 6) is 0.227. The smallest absolute Gasteiger partial charge is 0.264 e. The van der Waals surface area contributed by atoms with E-state index in [0.717, 1.165) is 17.1 Å². The van der Waals surface area contributed by atoms with Crippen molar-refractivity contribution < 1.29 is 14.3 Å². The highest BCUT2D eigenvalue weighted by Crippen LogP contribution is 2.34. The van der Waals surface area contributed by atoms with E-state index in [-0.39, 0.29) is 24.3 Å². The van der Waals surface area contributed by atoms with Crippen LogP contribution in [-0.4, -0.2) is 35.2 Å². The number of halogens is 1. The van der Waals surface area contributed by atoms with Crippen LogP contribution in [0.5, 0.6) is 5.75 Å². The van der Waals surface area contributed by atoms with Gasteiger partial charge in [0.2, 0.25) is 11.0 Å². The molecule has 4 rings (SSSR count). The first-order valence-electron chi connectivity index (χ1n) is 9.92. The standard InChI is InChI=1S/C22H21ClN4O3S/c1-2-14-3-7-17(8-4-14)27-12-15(11-20(27)29)21-25-26-22(31-21)24-19(28)13-30-18-9-5-16(23)6-10-18/h3-10,15H,2,11-13H2,1H3,(H,24,26,28)/t15-/m0/s1. The summed E-state index contributed by atoms with van der Waals surface area (Å²) >= 11 is 7.11. The number of hydrogen-bond donors (Lipinski definition) is 1. The van der Waals surface area contributed by atoms with Crippen molar-refractivity contribution in [3.8, 4) is 5.75 Å². The second-order valence-corrected chi connectivity index (χ2v) is 8.61. The normalized spacial score (nSPS) is 15.9. The molecular formula is C22H21ClN4O3S. The minimum atomic E-state index is -0.335. The molecule has 0 spiro atoms. The molecule has 2 aromatic carbocycles. The number of anilines is 2. The van der Waals surface area contributed by atoms with Crippen molar-refractivity contribution in [3.63, 3.8) is 0 Å². The molecule has 2 amide bonds. The van der Waals surface area contributed by atoms with Crippen LogP contribution < -0.4 is 15.0 Å². The van der Waals surface area contributed by atoms with Crippen LogP contribution in [0.2, 0.25) is 5.02 Å². The Kier molecular flexibility index (Phi) is 6.48. The van der Waals surface area contributed by atoms with Gasteiger partial charge in [-0.15, -0.1) is 10.2 Å². The Morgan fingerprint density at radius 1 is 1.19 bits per heavy atom. The van der Waals surface area contributed by atoms with E-state index in [1.165, 1.54) is 16.9 Å². The highest BCUT2D eigenvalue weighted by atomic mass is 35.5. The Morgan fingerprint density at radius 3 is 2.65 bits per heavy atom. The van der Waals surface area contributed by atoms with Crippen molar-refractivity contribution in [1.29, 1.82) is 0 Å². The van der Waals surface area contributed by atoms with E-state index in [4.69, 9.17) is 16.3 Å². The second-order valence-electron chi connectivity index (χ2n) is 7.16. The number of carbonyl (C=O) groups is 2. The third-order valence-corrected chi connectivity index (χ3v) is 6.25. The third kappa shape index (κ3) is 5.21. The number of carbonyl (C=O) groups excluding carboxylic acids is 2. The van der Waals surface area contributed by atoms with Gasteiger partial charge in [0.15, 0.2) is 6.61 Å². The first-order valence-corrected chi connectivity index (χ1v) is 11.1. The topological polar surface area (TPSA) is 84.4 Å². The van der Waals surface area contributed by atoms with E-state index < -0.39 is 0 Å². The molecular weight excluding hydrogens is 436 g/mol. The number of benzene rings is 2. The average Bonchev–Trinajstić information content (AvgIpc) is 3.40. The summed E-state index contributed by atoms with van der Waals surface area (Å²) in [4.78, 5) is 26.4. The fraction of sp³-hybridized carbons (Fsp3) is 0.273. The summed E-state index contributed by atoms with van der Waals surface area (Å²) in [5, 5.41) is 12.6. The van der Waals surface area contributed by atoms with E-state index in [1.54, 1.807) is 29.2 Å². The van der Waals surface area contributed by atoms with Crippen LogP contribution in [0.4, 0.5) is 10.8 Å². The predicted octanol–water partition coefficient (Wildman–Crippen LogP) is 4.29. The van der Waals surface area contributed by atoms with Gasteiger partial charge in [-0.05, 0) is 48.4 Å². The quantitative estimate of drug-likeness (QED) is 0.573. The van der Waals surface area contributed by atoms with Crippen LogP contribution in [0.25, 0.3) is 0 Å². The molecule has 1 fully saturated rings. The highest BCUT2D eigenvalue weighted by Gasteiger charge is 2.34. The van der Waals surface area contributed by atoms with Gasteiger partial charge in [-0.3, -0.25) is 14.9 Å². The second kappa shape index (κ2) is 9.45. The Labute approximate surface area is 189 Å². The predicted molar refractivity (Wildman–Crippen MR) is 121 cm³/mol. The lowest BCUT2D eigenvalue weighted by Gasteiger charge is -2.16. The van der Waals surface area contributed by atoms with E-state index in [0.29, 0.717) is 28.9 Å². The molecule has 0 unspecified atom stereocenters. The summed E-state index contributed by atoms with van der Waals surface area (Å²) in [6.45, 7) is 2.49. The molecule has 0 radical (unpaired) electrons. The number of nitrogens with zero attached hydrogens (tertiary/aromatic N) is 3. The van der Waals surface area contributed by atoms with Crippen LogP contribution in [0.1, 0.15) is 29.8 Å². The van der Waals surface area contributed by atoms with Crippen molar-refractivity contribution in [2.24, 2.45) is 0 Å². The number of nitrogens with one attached hydrogen (secondary N) is 1. The molecule has 7 nitrogen and oxygen atoms in total. The first kappa shape index (κ1) is 21.3. The van der Waals surface area contributed by atoms with Crippen LogP contribution in [0, 0.1) is 0 Å². The Balaban J connectivity index is 1.33. The summed E-state index contributed by atoms with van der Waals surface area (Å²) in [7, 11) is 0. The van der Waals surface area contributed by atoms with E-state index in [2.05, 4.69) is 22.4 Å². The minimum Gasteiger partial charge on any atom is -0.484 e. The SMILES string of the molecule is CCc1ccc(N2C[C@@H](c3nnc(NC(=O)COc4ccc(Cl)cc4)s3)CC2=O)cc1. The lowest BCUT2D eigenvalue weighted by molar-refractivity contribution is -0.118. The zero-order valence-electron chi connectivity index (χ0n) is 16.9. The minimum absolute atomic E-state index is 0.0492. The van der Waals surface area contributed by atoms with E-state index >= 15 is 0 Å². The molecule has 2 heterocycles. The third-order valence-electron chi connectivity index (χ3n) is 5.00. The molecule has 31 heavy (non-hydrogen) atoms. The van der Waals surface area contributed by atoms with Gasteiger partial charge in [0.1, 0.15) is 10.8 Å². The van der Waals surface area contributed by atoms with Crippen LogP contribution in [0.15, 0.2) is 48.5 Å². The Bertz CT molecular complexity index is 1070. The molecule has 1 aliphatic rings. The molecule has 1 aliphatic heterocycles. The maximum Gasteiger partial charge on any atom is 0.264 e. The molecule has 160 valence electrons. The maximum atomic E-state index is 12.5. The fourth-order valence-corrected chi connectivity index (χ4v) is 4.30. The van der Waals surface area contributed by atoms with Crippen LogP contribution in [-0.2, 0) is 16.0 Å². The molecule has 3 aromatic rings. The van der Waals surface area contributed by atoms with Gasteiger partial charge in [-0.25, -0.2) is 0 Å². The summed E-state index contributed by atoms with van der Waals surface area (Å²) in [6.07, 6.45) is 1.33. The maximum absolute atomic E-state index is 12.5. The number of hydrogen-bond acceptors (Lipinski definition) is 6. The average molecular weight is 457 g/mol. The van der Waals surface area contributed by atoms with Gasteiger partial charge >= 0.3 is 0 Å². The van der Waals surface area contributed by atoms with Crippen molar-refractivity contribution in [3.05, 3.63) is 64.1 Å². The van der Waals surface area contributed by atoms with Crippen LogP contribution in [0.3, 0.4) is 0 Å². The summed E-state index contributed by atoms with van der Waals surface area (Å²) in [6, 6.07) is 14.8. The van der Waals surface area contributed by atoms with Crippen molar-refractivity contribution in [2.45, 2.75) is 25.7 Å². The van der Waals surface area contributed by atoms with Crippen LogP contribution >= 0.6 is 22.9 Å². The lowest BCUT2D eigenvalue weighted by atomic mass is 10.1. The van der Waals surface area contributed by atoms with Crippen molar-refractivity contribution >= 4 is 45.6 Å². The molecule has 9 heteroatoms. The first-order chi connectivity index (χ1) is 15.0. The van der Waals surface area contributed by atoms with E-state index in [9.17, 15) is 9.59 Å². The molecule has 0 aliphatic carbocycles. The summed E-state index contributed by atoms with van der Waals surface area (Å²) < 4.78 is 5.43. The van der Waals surface area contributed by atoms with Gasteiger partial charge in [0, 0.05) is 29.6 Å². The Morgan fingerprint density at radius 2 is 1.94 bits per heavy atom. The molecule has 1 saturated heterocycles. The van der Waals surface area contributed by atoms with Gasteiger partial charge < -0.3 is 9.64 Å². The zero-order chi connectivity index (χ0) is 21.8. The monoisotopic (exact) mass is 456 g/mol. The number of rotatable bonds is 7. The van der Waals surface area contributed by atoms with Gasteiger partial charge in [0.05, 0.1) is 0 Å². The lowest BCUT2D eigenvalue weighted by Crippen LogP contribution is -2.24. The molecule has 0 bridgehead atoms. The summed E-state index contributed by atoms with van der Waals surface area (Å²) in [5.41, 5.74) is 2.12. The van der Waals surface area contributed by atoms with Gasteiger partial charge in [0.25, 0.3) is 5.91 Å².